The highest BCUT2D eigenvalue weighted by atomic mass is 35.5. The van der Waals surface area contributed by atoms with Gasteiger partial charge >= 0.3 is 6.18 Å². The third-order valence-corrected chi connectivity index (χ3v) is 5.11. The average molecular weight is 427 g/mol. The molecule has 0 radical (unpaired) electrons. The first-order chi connectivity index (χ1) is 13.6. The van der Waals surface area contributed by atoms with E-state index in [-0.39, 0.29) is 46.7 Å². The summed E-state index contributed by atoms with van der Waals surface area (Å²) in [5, 5.41) is 8.88. The number of halogens is 5. The van der Waals surface area contributed by atoms with Crippen LogP contribution in [0.25, 0.3) is 0 Å². The van der Waals surface area contributed by atoms with Gasteiger partial charge in [-0.1, -0.05) is 23.7 Å². The van der Waals surface area contributed by atoms with E-state index in [1.807, 2.05) is 0 Å². The molecule has 1 aliphatic rings. The molecule has 2 aromatic carbocycles. The van der Waals surface area contributed by atoms with E-state index in [9.17, 15) is 22.4 Å². The van der Waals surface area contributed by atoms with Crippen molar-refractivity contribution in [2.45, 2.75) is 25.1 Å². The second-order valence-electron chi connectivity index (χ2n) is 6.67. The molecule has 0 N–H and O–H groups in total. The molecule has 1 atom stereocenters. The lowest BCUT2D eigenvalue weighted by atomic mass is 9.90. The zero-order valence-corrected chi connectivity index (χ0v) is 15.9. The molecule has 1 fully saturated rings. The van der Waals surface area contributed by atoms with Gasteiger partial charge in [0.25, 0.3) is 5.91 Å². The first-order valence-corrected chi connectivity index (χ1v) is 9.00. The second-order valence-corrected chi connectivity index (χ2v) is 7.05. The molecular weight excluding hydrogens is 412 g/mol. The van der Waals surface area contributed by atoms with Crippen molar-refractivity contribution >= 4 is 17.5 Å². The molecule has 29 heavy (non-hydrogen) atoms. The standard InChI is InChI=1S/C20H15ClF4N2O2/c1-11(20(23,24)25)29-16-7-4-13(8-26)18(21)17(16)19(28)27-9-14(10-27)12-2-5-15(22)6-3-12/h2-7,11,14H,9-10H2,1H3. The van der Waals surface area contributed by atoms with E-state index < -0.39 is 18.2 Å². The zero-order valence-electron chi connectivity index (χ0n) is 15.1. The van der Waals surface area contributed by atoms with E-state index in [1.165, 1.54) is 23.1 Å². The Kier molecular flexibility index (Phi) is 5.71. The number of nitriles is 1. The van der Waals surface area contributed by atoms with Gasteiger partial charge in [0, 0.05) is 19.0 Å². The van der Waals surface area contributed by atoms with Crippen molar-refractivity contribution in [2.24, 2.45) is 0 Å². The third-order valence-electron chi connectivity index (χ3n) is 4.71. The van der Waals surface area contributed by atoms with E-state index in [4.69, 9.17) is 21.6 Å². The van der Waals surface area contributed by atoms with E-state index in [0.717, 1.165) is 18.6 Å². The van der Waals surface area contributed by atoms with Gasteiger partial charge in [0.1, 0.15) is 23.2 Å². The number of alkyl halides is 3. The fourth-order valence-corrected chi connectivity index (χ4v) is 3.23. The first-order valence-electron chi connectivity index (χ1n) is 8.62. The number of likely N-dealkylation sites (tertiary alicyclic amines) is 1. The van der Waals surface area contributed by atoms with Crippen LogP contribution in [-0.2, 0) is 0 Å². The fourth-order valence-electron chi connectivity index (χ4n) is 2.95. The van der Waals surface area contributed by atoms with Gasteiger partial charge in [0.2, 0.25) is 0 Å². The lowest BCUT2D eigenvalue weighted by molar-refractivity contribution is -0.189. The molecule has 1 saturated heterocycles. The van der Waals surface area contributed by atoms with Gasteiger partial charge in [-0.3, -0.25) is 4.79 Å². The van der Waals surface area contributed by atoms with Crippen LogP contribution in [0.3, 0.4) is 0 Å². The molecule has 1 heterocycles. The van der Waals surface area contributed by atoms with Crippen LogP contribution in [0.4, 0.5) is 17.6 Å². The minimum atomic E-state index is -4.63. The number of hydrogen-bond acceptors (Lipinski definition) is 3. The van der Waals surface area contributed by atoms with Crippen molar-refractivity contribution < 1.29 is 27.1 Å². The van der Waals surface area contributed by atoms with Crippen LogP contribution in [0.5, 0.6) is 5.75 Å². The molecule has 0 aliphatic carbocycles. The molecule has 2 aromatic rings. The van der Waals surface area contributed by atoms with Crippen molar-refractivity contribution in [3.8, 4) is 11.8 Å². The molecule has 1 unspecified atom stereocenters. The van der Waals surface area contributed by atoms with Crippen LogP contribution >= 0.6 is 11.6 Å². The number of ether oxygens (including phenoxy) is 1. The summed E-state index contributed by atoms with van der Waals surface area (Å²) in [5.74, 6) is -1.37. The highest BCUT2D eigenvalue weighted by Crippen LogP contribution is 2.36. The van der Waals surface area contributed by atoms with Gasteiger partial charge < -0.3 is 9.64 Å². The Balaban J connectivity index is 1.84. The molecule has 1 aliphatic heterocycles. The molecule has 3 rings (SSSR count). The van der Waals surface area contributed by atoms with Gasteiger partial charge in [0.05, 0.1) is 10.6 Å². The summed E-state index contributed by atoms with van der Waals surface area (Å²) in [6.07, 6.45) is -6.80. The first kappa shape index (κ1) is 20.9. The molecule has 0 saturated carbocycles. The van der Waals surface area contributed by atoms with Crippen molar-refractivity contribution in [1.29, 1.82) is 5.26 Å². The normalized spacial score (nSPS) is 15.4. The summed E-state index contributed by atoms with van der Waals surface area (Å²) in [7, 11) is 0. The Bertz CT molecular complexity index is 964. The predicted octanol–water partition coefficient (Wildman–Crippen LogP) is 4.92. The minimum Gasteiger partial charge on any atom is -0.480 e. The minimum absolute atomic E-state index is 0.0315. The predicted molar refractivity (Wildman–Crippen MR) is 97.4 cm³/mol. The van der Waals surface area contributed by atoms with Gasteiger partial charge in [-0.05, 0) is 36.8 Å². The Morgan fingerprint density at radius 2 is 1.86 bits per heavy atom. The number of nitrogens with zero attached hydrogens (tertiary/aromatic N) is 2. The van der Waals surface area contributed by atoms with Gasteiger partial charge in [-0.2, -0.15) is 18.4 Å². The number of rotatable bonds is 4. The largest absolute Gasteiger partial charge is 0.480 e. The quantitative estimate of drug-likeness (QED) is 0.652. The number of carbonyl (C=O) groups is 1. The van der Waals surface area contributed by atoms with Crippen LogP contribution < -0.4 is 4.74 Å². The van der Waals surface area contributed by atoms with E-state index >= 15 is 0 Å². The monoisotopic (exact) mass is 426 g/mol. The number of amides is 1. The average Bonchev–Trinajstić information content (AvgIpc) is 2.61. The molecule has 4 nitrogen and oxygen atoms in total. The maximum absolute atomic E-state index is 13.0. The Hall–Kier alpha value is -2.79. The van der Waals surface area contributed by atoms with E-state index in [1.54, 1.807) is 18.2 Å². The summed E-state index contributed by atoms with van der Waals surface area (Å²) in [6, 6.07) is 10.0. The molecule has 0 bridgehead atoms. The smallest absolute Gasteiger partial charge is 0.425 e. The maximum Gasteiger partial charge on any atom is 0.425 e. The summed E-state index contributed by atoms with van der Waals surface area (Å²) in [6.45, 7) is 1.38. The summed E-state index contributed by atoms with van der Waals surface area (Å²) >= 11 is 6.13. The van der Waals surface area contributed by atoms with Crippen LogP contribution in [0.2, 0.25) is 5.02 Å². The molecule has 0 spiro atoms. The summed E-state index contributed by atoms with van der Waals surface area (Å²) in [5.41, 5.74) is 0.520. The topological polar surface area (TPSA) is 53.3 Å². The van der Waals surface area contributed by atoms with Crippen LogP contribution in [0.15, 0.2) is 36.4 Å². The molecule has 9 heteroatoms. The van der Waals surface area contributed by atoms with Gasteiger partial charge in [0.15, 0.2) is 6.10 Å². The SMILES string of the molecule is CC(Oc1ccc(C#N)c(Cl)c1C(=O)N1CC(c2ccc(F)cc2)C1)C(F)(F)F. The maximum atomic E-state index is 13.0. The second kappa shape index (κ2) is 7.91. The number of carbonyl (C=O) groups excluding carboxylic acids is 1. The van der Waals surface area contributed by atoms with Crippen molar-refractivity contribution in [1.82, 2.24) is 4.90 Å². The highest BCUT2D eigenvalue weighted by molar-refractivity contribution is 6.35. The molecule has 0 aromatic heterocycles. The Labute approximate surface area is 169 Å². The van der Waals surface area contributed by atoms with Crippen LogP contribution in [0.1, 0.15) is 34.3 Å². The molecule has 1 amide bonds. The lowest BCUT2D eigenvalue weighted by Crippen LogP contribution is -2.48. The number of benzene rings is 2. The molecular formula is C20H15ClF4N2O2. The Morgan fingerprint density at radius 3 is 2.41 bits per heavy atom. The van der Waals surface area contributed by atoms with Gasteiger partial charge in [-0.25, -0.2) is 4.39 Å². The van der Waals surface area contributed by atoms with Crippen LogP contribution in [0, 0.1) is 17.1 Å². The summed E-state index contributed by atoms with van der Waals surface area (Å²) in [4.78, 5) is 14.3. The lowest BCUT2D eigenvalue weighted by Gasteiger charge is -2.40. The van der Waals surface area contributed by atoms with E-state index in [0.29, 0.717) is 0 Å². The highest BCUT2D eigenvalue weighted by Gasteiger charge is 2.40. The van der Waals surface area contributed by atoms with Crippen molar-refractivity contribution in [2.75, 3.05) is 13.1 Å². The number of hydrogen-bond donors (Lipinski definition) is 0. The van der Waals surface area contributed by atoms with Gasteiger partial charge in [-0.15, -0.1) is 0 Å². The zero-order chi connectivity index (χ0) is 21.3. The van der Waals surface area contributed by atoms with Crippen LogP contribution in [-0.4, -0.2) is 36.2 Å². The van der Waals surface area contributed by atoms with E-state index in [2.05, 4.69) is 0 Å². The summed E-state index contributed by atoms with van der Waals surface area (Å²) < 4.78 is 56.6. The molecule has 152 valence electrons. The Morgan fingerprint density at radius 1 is 1.24 bits per heavy atom. The van der Waals surface area contributed by atoms with Crippen molar-refractivity contribution in [3.05, 3.63) is 63.9 Å². The third kappa shape index (κ3) is 4.30. The fraction of sp³-hybridized carbons (Fsp3) is 0.300. The van der Waals surface area contributed by atoms with Crippen molar-refractivity contribution in [3.63, 3.8) is 0 Å².